The number of anilines is 1. The minimum Gasteiger partial charge on any atom is -0.480 e. The molecule has 0 unspecified atom stereocenters. The van der Waals surface area contributed by atoms with Crippen LogP contribution in [0, 0.1) is 34.0 Å². The van der Waals surface area contributed by atoms with Crippen molar-refractivity contribution in [3.63, 3.8) is 0 Å². The number of nitrogens with zero attached hydrogens (tertiary/aromatic N) is 4. The maximum Gasteiger partial charge on any atom is 0.172 e. The number of hydrazine groups is 1. The van der Waals surface area contributed by atoms with Gasteiger partial charge in [-0.1, -0.05) is 24.3 Å². The molecule has 156 valence electrons. The van der Waals surface area contributed by atoms with Crippen molar-refractivity contribution in [2.75, 3.05) is 19.0 Å². The van der Waals surface area contributed by atoms with Crippen LogP contribution in [0.4, 0.5) is 5.69 Å². The average molecular weight is 412 g/mol. The third-order valence-corrected chi connectivity index (χ3v) is 4.47. The lowest BCUT2D eigenvalue weighted by Crippen LogP contribution is -2.23. The van der Waals surface area contributed by atoms with Gasteiger partial charge in [0, 0.05) is 37.8 Å². The Bertz CT molecular complexity index is 1060. The van der Waals surface area contributed by atoms with Gasteiger partial charge in [-0.2, -0.15) is 15.8 Å². The molecule has 1 heterocycles. The molecule has 0 aliphatic carbocycles. The molecule has 0 atom stereocenters. The van der Waals surface area contributed by atoms with Crippen LogP contribution in [-0.4, -0.2) is 19.7 Å². The molecule has 2 rings (SSSR count). The number of nitrogens with one attached hydrogen (secondary N) is 2. The van der Waals surface area contributed by atoms with Crippen LogP contribution in [0.25, 0.3) is 6.08 Å². The maximum atomic E-state index is 9.48. The minimum atomic E-state index is -0.835. The van der Waals surface area contributed by atoms with Gasteiger partial charge in [0.05, 0.1) is 0 Å². The van der Waals surface area contributed by atoms with Crippen molar-refractivity contribution in [1.29, 1.82) is 15.8 Å². The van der Waals surface area contributed by atoms with Gasteiger partial charge in [-0.3, -0.25) is 0 Å². The van der Waals surface area contributed by atoms with Crippen molar-refractivity contribution < 1.29 is 4.74 Å². The van der Waals surface area contributed by atoms with Crippen molar-refractivity contribution in [1.82, 2.24) is 10.9 Å². The molecule has 7 nitrogen and oxygen atoms in total. The summed E-state index contributed by atoms with van der Waals surface area (Å²) in [6.45, 7) is 3.54. The SMILES string of the molecule is CN(C)c1ccc(/C=C/C=C/NN/C=C/C2=C(C#N)C(=C(C#N)C#N)OC2(C)C)cc1. The summed E-state index contributed by atoms with van der Waals surface area (Å²) in [4.78, 5) is 2.05. The molecule has 0 bridgehead atoms. The summed E-state index contributed by atoms with van der Waals surface area (Å²) in [6.07, 6.45) is 10.8. The van der Waals surface area contributed by atoms with E-state index in [9.17, 15) is 5.26 Å². The van der Waals surface area contributed by atoms with Crippen LogP contribution in [0.1, 0.15) is 19.4 Å². The molecule has 1 aliphatic rings. The van der Waals surface area contributed by atoms with E-state index in [-0.39, 0.29) is 16.9 Å². The van der Waals surface area contributed by atoms with Crippen LogP contribution in [0.5, 0.6) is 0 Å². The summed E-state index contributed by atoms with van der Waals surface area (Å²) in [5, 5.41) is 27.6. The molecule has 0 radical (unpaired) electrons. The second-order valence-electron chi connectivity index (χ2n) is 7.27. The zero-order chi connectivity index (χ0) is 22.9. The highest BCUT2D eigenvalue weighted by atomic mass is 16.5. The van der Waals surface area contributed by atoms with Gasteiger partial charge in [0.1, 0.15) is 29.4 Å². The van der Waals surface area contributed by atoms with Gasteiger partial charge in [-0.25, -0.2) is 0 Å². The lowest BCUT2D eigenvalue weighted by Gasteiger charge is -2.20. The number of ether oxygens (including phenoxy) is 1. The van der Waals surface area contributed by atoms with Crippen LogP contribution in [0.2, 0.25) is 0 Å². The predicted molar refractivity (Wildman–Crippen MR) is 120 cm³/mol. The molecule has 0 saturated heterocycles. The molecule has 1 aromatic rings. The van der Waals surface area contributed by atoms with Crippen LogP contribution >= 0.6 is 0 Å². The summed E-state index contributed by atoms with van der Waals surface area (Å²) in [5.74, 6) is 0.0220. The summed E-state index contributed by atoms with van der Waals surface area (Å²) in [6, 6.07) is 13.8. The first-order valence-electron chi connectivity index (χ1n) is 9.51. The highest BCUT2D eigenvalue weighted by Crippen LogP contribution is 2.39. The molecule has 0 saturated carbocycles. The first-order chi connectivity index (χ1) is 14.8. The number of hydrogen-bond acceptors (Lipinski definition) is 7. The first kappa shape index (κ1) is 22.9. The molecule has 1 aromatic carbocycles. The van der Waals surface area contributed by atoms with Crippen molar-refractivity contribution in [3.05, 3.63) is 82.9 Å². The molecule has 2 N–H and O–H groups in total. The van der Waals surface area contributed by atoms with Crippen LogP contribution in [-0.2, 0) is 4.74 Å². The monoisotopic (exact) mass is 412 g/mol. The fraction of sp³-hybridized carbons (Fsp3) is 0.208. The van der Waals surface area contributed by atoms with E-state index in [1.54, 1.807) is 44.5 Å². The largest absolute Gasteiger partial charge is 0.480 e. The number of nitriles is 3. The van der Waals surface area contributed by atoms with Gasteiger partial charge in [0.25, 0.3) is 0 Å². The van der Waals surface area contributed by atoms with E-state index in [1.807, 2.05) is 55.4 Å². The molecule has 7 heteroatoms. The Balaban J connectivity index is 1.97. The van der Waals surface area contributed by atoms with Gasteiger partial charge in [-0.15, -0.1) is 0 Å². The van der Waals surface area contributed by atoms with Crippen molar-refractivity contribution in [2.45, 2.75) is 19.4 Å². The van der Waals surface area contributed by atoms with Gasteiger partial charge in [0.15, 0.2) is 11.3 Å². The number of hydrogen-bond donors (Lipinski definition) is 2. The Morgan fingerprint density at radius 2 is 1.61 bits per heavy atom. The van der Waals surface area contributed by atoms with E-state index in [4.69, 9.17) is 15.3 Å². The molecule has 1 aliphatic heterocycles. The first-order valence-corrected chi connectivity index (χ1v) is 9.51. The second-order valence-corrected chi connectivity index (χ2v) is 7.27. The minimum absolute atomic E-state index is 0.0220. The molecule has 0 spiro atoms. The molecular weight excluding hydrogens is 388 g/mol. The van der Waals surface area contributed by atoms with Gasteiger partial charge in [0.2, 0.25) is 0 Å². The highest BCUT2D eigenvalue weighted by molar-refractivity contribution is 5.60. The van der Waals surface area contributed by atoms with E-state index in [0.717, 1.165) is 11.3 Å². The number of rotatable bonds is 7. The third-order valence-electron chi connectivity index (χ3n) is 4.47. The molecule has 0 fully saturated rings. The van der Waals surface area contributed by atoms with Gasteiger partial charge in [-0.05, 0) is 43.7 Å². The molecule has 0 aromatic heterocycles. The van der Waals surface area contributed by atoms with Crippen LogP contribution < -0.4 is 15.8 Å². The van der Waals surface area contributed by atoms with E-state index in [1.165, 1.54) is 0 Å². The topological polar surface area (TPSA) is 108 Å². The Hall–Kier alpha value is -4.41. The number of allylic oxidation sites excluding steroid dienone is 4. The third kappa shape index (κ3) is 5.79. The van der Waals surface area contributed by atoms with Crippen molar-refractivity contribution >= 4 is 11.8 Å². The van der Waals surface area contributed by atoms with E-state index in [0.29, 0.717) is 5.57 Å². The predicted octanol–water partition coefficient (Wildman–Crippen LogP) is 3.82. The van der Waals surface area contributed by atoms with Crippen LogP contribution in [0.15, 0.2) is 77.4 Å². The summed E-state index contributed by atoms with van der Waals surface area (Å²) in [7, 11) is 4.01. The Morgan fingerprint density at radius 1 is 0.968 bits per heavy atom. The smallest absolute Gasteiger partial charge is 0.172 e. The van der Waals surface area contributed by atoms with Gasteiger partial charge < -0.3 is 20.5 Å². The fourth-order valence-corrected chi connectivity index (χ4v) is 2.86. The van der Waals surface area contributed by atoms with E-state index < -0.39 is 5.60 Å². The van der Waals surface area contributed by atoms with Gasteiger partial charge >= 0.3 is 0 Å². The standard InChI is InChI=1S/C24H24N6O/c1-24(2)22(21(17-27)23(31-24)19(15-25)16-26)12-14-29-28-13-6-5-7-18-8-10-20(11-9-18)30(3)4/h5-14,28-29H,1-4H3/b7-5+,13-6+,14-12+. The quantitative estimate of drug-likeness (QED) is 0.303. The zero-order valence-electron chi connectivity index (χ0n) is 18.0. The molecule has 31 heavy (non-hydrogen) atoms. The maximum absolute atomic E-state index is 9.48. The summed E-state index contributed by atoms with van der Waals surface area (Å²) >= 11 is 0. The molecule has 0 amide bonds. The van der Waals surface area contributed by atoms with Crippen LogP contribution in [0.3, 0.4) is 0 Å². The lowest BCUT2D eigenvalue weighted by molar-refractivity contribution is 0.0953. The van der Waals surface area contributed by atoms with Crippen molar-refractivity contribution in [3.8, 4) is 18.2 Å². The highest BCUT2D eigenvalue weighted by Gasteiger charge is 2.38. The molecular formula is C24H24N6O. The van der Waals surface area contributed by atoms with E-state index >= 15 is 0 Å². The fourth-order valence-electron chi connectivity index (χ4n) is 2.86. The lowest BCUT2D eigenvalue weighted by atomic mass is 9.95. The Morgan fingerprint density at radius 3 is 2.19 bits per heavy atom. The number of benzene rings is 1. The summed E-state index contributed by atoms with van der Waals surface area (Å²) < 4.78 is 5.69. The second kappa shape index (κ2) is 10.4. The average Bonchev–Trinajstić information content (AvgIpc) is 3.00. The normalized spacial score (nSPS) is 14.9. The van der Waals surface area contributed by atoms with E-state index in [2.05, 4.69) is 23.0 Å². The summed E-state index contributed by atoms with van der Waals surface area (Å²) in [5.41, 5.74) is 7.73. The zero-order valence-corrected chi connectivity index (χ0v) is 18.0. The Labute approximate surface area is 183 Å². The van der Waals surface area contributed by atoms with Crippen molar-refractivity contribution in [2.24, 2.45) is 0 Å². The Kier molecular flexibility index (Phi) is 7.67.